The van der Waals surface area contributed by atoms with Crippen LogP contribution in [0.2, 0.25) is 0 Å². The second-order valence-electron chi connectivity index (χ2n) is 13.5. The maximum absolute atomic E-state index is 6.47. The van der Waals surface area contributed by atoms with Crippen LogP contribution >= 0.6 is 0 Å². The Hall–Kier alpha value is -7.17. The first kappa shape index (κ1) is 29.5. The van der Waals surface area contributed by atoms with E-state index in [4.69, 9.17) is 19.4 Å². The zero-order valence-electron chi connectivity index (χ0n) is 28.5. The highest BCUT2D eigenvalue weighted by molar-refractivity contribution is 6.18. The zero-order chi connectivity index (χ0) is 34.9. The number of rotatable bonds is 4. The molecule has 53 heavy (non-hydrogen) atoms. The fourth-order valence-corrected chi connectivity index (χ4v) is 8.04. The lowest BCUT2D eigenvalue weighted by molar-refractivity contribution is 0.669. The van der Waals surface area contributed by atoms with Crippen molar-refractivity contribution in [2.75, 3.05) is 0 Å². The Bertz CT molecular complexity index is 3140. The van der Waals surface area contributed by atoms with Gasteiger partial charge in [0.2, 0.25) is 0 Å². The maximum Gasteiger partial charge on any atom is 0.164 e. The summed E-state index contributed by atoms with van der Waals surface area (Å²) in [6.07, 6.45) is 0. The molecule has 2 aromatic heterocycles. The molecule has 0 aliphatic heterocycles. The molecule has 11 rings (SSSR count). The highest BCUT2D eigenvalue weighted by atomic mass is 16.3. The van der Waals surface area contributed by atoms with Crippen molar-refractivity contribution in [3.63, 3.8) is 0 Å². The van der Waals surface area contributed by atoms with Crippen LogP contribution in [0.15, 0.2) is 180 Å². The van der Waals surface area contributed by atoms with E-state index in [9.17, 15) is 0 Å². The molecule has 11 aromatic rings. The number of furan rings is 1. The number of benzene rings is 9. The van der Waals surface area contributed by atoms with Crippen molar-refractivity contribution in [3.05, 3.63) is 176 Å². The summed E-state index contributed by atoms with van der Waals surface area (Å²) in [7, 11) is 0. The predicted octanol–water partition coefficient (Wildman–Crippen LogP) is 13.1. The smallest absolute Gasteiger partial charge is 0.164 e. The molecule has 0 N–H and O–H groups in total. The predicted molar refractivity (Wildman–Crippen MR) is 219 cm³/mol. The van der Waals surface area contributed by atoms with Gasteiger partial charge in [-0.2, -0.15) is 0 Å². The Balaban J connectivity index is 1.16. The third-order valence-corrected chi connectivity index (χ3v) is 10.5. The largest absolute Gasteiger partial charge is 0.456 e. The van der Waals surface area contributed by atoms with E-state index in [0.29, 0.717) is 17.5 Å². The number of fused-ring (bicyclic) bond motifs is 7. The second kappa shape index (κ2) is 11.7. The Kier molecular flexibility index (Phi) is 6.52. The van der Waals surface area contributed by atoms with Gasteiger partial charge in [0.25, 0.3) is 0 Å². The van der Waals surface area contributed by atoms with E-state index >= 15 is 0 Å². The number of hydrogen-bond donors (Lipinski definition) is 0. The van der Waals surface area contributed by atoms with Crippen LogP contribution in [0.3, 0.4) is 0 Å². The number of hydrogen-bond acceptors (Lipinski definition) is 4. The van der Waals surface area contributed by atoms with Gasteiger partial charge in [-0.15, -0.1) is 0 Å². The summed E-state index contributed by atoms with van der Waals surface area (Å²) in [6, 6.07) is 61.6. The van der Waals surface area contributed by atoms with Crippen LogP contribution in [0.5, 0.6) is 0 Å². The monoisotopic (exact) mass is 675 g/mol. The minimum absolute atomic E-state index is 0.632. The van der Waals surface area contributed by atoms with Gasteiger partial charge >= 0.3 is 0 Å². The average molecular weight is 676 g/mol. The van der Waals surface area contributed by atoms with Crippen molar-refractivity contribution < 1.29 is 4.42 Å². The van der Waals surface area contributed by atoms with Gasteiger partial charge in [-0.1, -0.05) is 152 Å². The molecule has 0 amide bonds. The summed E-state index contributed by atoms with van der Waals surface area (Å²) in [5.41, 5.74) is 6.91. The van der Waals surface area contributed by atoms with Crippen LogP contribution in [-0.2, 0) is 0 Å². The molecule has 246 valence electrons. The summed E-state index contributed by atoms with van der Waals surface area (Å²) in [6.45, 7) is 0. The second-order valence-corrected chi connectivity index (χ2v) is 13.5. The van der Waals surface area contributed by atoms with E-state index in [-0.39, 0.29) is 0 Å². The SMILES string of the molecule is c1ccc2cc3c(cc2c1)oc1cccc(-c2ccc(-c4nc(-c5cccc6ccccc56)nc(-c5cccc6ccccc56)n4)c4ccccc24)c13. The van der Waals surface area contributed by atoms with Gasteiger partial charge in [0.1, 0.15) is 11.2 Å². The molecular weight excluding hydrogens is 647 g/mol. The van der Waals surface area contributed by atoms with Crippen molar-refractivity contribution in [2.24, 2.45) is 0 Å². The van der Waals surface area contributed by atoms with E-state index in [1.807, 2.05) is 0 Å². The fourth-order valence-electron chi connectivity index (χ4n) is 8.04. The topological polar surface area (TPSA) is 51.8 Å². The lowest BCUT2D eigenvalue weighted by Gasteiger charge is -2.14. The van der Waals surface area contributed by atoms with Crippen LogP contribution in [0.1, 0.15) is 0 Å². The van der Waals surface area contributed by atoms with Gasteiger partial charge in [0.05, 0.1) is 0 Å². The molecule has 0 saturated heterocycles. The molecule has 9 aromatic carbocycles. The number of aromatic nitrogens is 3. The number of nitrogens with zero attached hydrogens (tertiary/aromatic N) is 3. The highest BCUT2D eigenvalue weighted by Gasteiger charge is 2.20. The van der Waals surface area contributed by atoms with Gasteiger partial charge in [-0.25, -0.2) is 15.0 Å². The minimum atomic E-state index is 0.632. The normalized spacial score (nSPS) is 11.8. The molecule has 2 heterocycles. The van der Waals surface area contributed by atoms with Gasteiger partial charge in [0, 0.05) is 27.5 Å². The van der Waals surface area contributed by atoms with Crippen molar-refractivity contribution in [1.29, 1.82) is 0 Å². The van der Waals surface area contributed by atoms with E-state index in [2.05, 4.69) is 176 Å². The van der Waals surface area contributed by atoms with Gasteiger partial charge in [-0.3, -0.25) is 0 Å². The highest BCUT2D eigenvalue weighted by Crippen LogP contribution is 2.42. The third-order valence-electron chi connectivity index (χ3n) is 10.5. The quantitative estimate of drug-likeness (QED) is 0.186. The van der Waals surface area contributed by atoms with E-state index in [0.717, 1.165) is 82.1 Å². The van der Waals surface area contributed by atoms with Crippen LogP contribution in [-0.4, -0.2) is 15.0 Å². The summed E-state index contributed by atoms with van der Waals surface area (Å²) in [5, 5.41) is 11.3. The van der Waals surface area contributed by atoms with Gasteiger partial charge < -0.3 is 4.42 Å². The molecule has 0 atom stereocenters. The molecule has 0 aliphatic carbocycles. The van der Waals surface area contributed by atoms with Crippen molar-refractivity contribution in [2.45, 2.75) is 0 Å². The van der Waals surface area contributed by atoms with Crippen molar-refractivity contribution in [1.82, 2.24) is 15.0 Å². The molecular formula is C49H29N3O. The third kappa shape index (κ3) is 4.73. The van der Waals surface area contributed by atoms with Crippen LogP contribution in [0, 0.1) is 0 Å². The average Bonchev–Trinajstić information content (AvgIpc) is 3.59. The van der Waals surface area contributed by atoms with Crippen LogP contribution in [0.25, 0.3) is 110 Å². The van der Waals surface area contributed by atoms with Gasteiger partial charge in [-0.05, 0) is 78.5 Å². The van der Waals surface area contributed by atoms with E-state index in [1.165, 1.54) is 10.8 Å². The van der Waals surface area contributed by atoms with Gasteiger partial charge in [0.15, 0.2) is 17.5 Å². The van der Waals surface area contributed by atoms with Crippen molar-refractivity contribution >= 4 is 65.0 Å². The summed E-state index contributed by atoms with van der Waals surface area (Å²) in [4.78, 5) is 15.7. The zero-order valence-corrected chi connectivity index (χ0v) is 28.5. The van der Waals surface area contributed by atoms with Crippen LogP contribution < -0.4 is 0 Å². The maximum atomic E-state index is 6.47. The molecule has 0 bridgehead atoms. The molecule has 0 fully saturated rings. The first-order chi connectivity index (χ1) is 26.3. The Morgan fingerprint density at radius 1 is 0.283 bits per heavy atom. The Morgan fingerprint density at radius 3 is 1.34 bits per heavy atom. The Morgan fingerprint density at radius 2 is 0.717 bits per heavy atom. The first-order valence-corrected chi connectivity index (χ1v) is 17.9. The Labute approximate surface area is 304 Å². The van der Waals surface area contributed by atoms with E-state index < -0.39 is 0 Å². The molecule has 4 nitrogen and oxygen atoms in total. The molecule has 0 saturated carbocycles. The summed E-state index contributed by atoms with van der Waals surface area (Å²) in [5.74, 6) is 1.92. The lowest BCUT2D eigenvalue weighted by Crippen LogP contribution is -2.01. The van der Waals surface area contributed by atoms with Crippen LogP contribution in [0.4, 0.5) is 0 Å². The fraction of sp³-hybridized carbons (Fsp3) is 0. The first-order valence-electron chi connectivity index (χ1n) is 17.9. The summed E-state index contributed by atoms with van der Waals surface area (Å²) < 4.78 is 6.47. The molecule has 0 aliphatic rings. The minimum Gasteiger partial charge on any atom is -0.456 e. The lowest BCUT2D eigenvalue weighted by atomic mass is 9.92. The summed E-state index contributed by atoms with van der Waals surface area (Å²) >= 11 is 0. The van der Waals surface area contributed by atoms with Crippen molar-refractivity contribution in [3.8, 4) is 45.3 Å². The molecule has 4 heteroatoms. The molecule has 0 radical (unpaired) electrons. The van der Waals surface area contributed by atoms with E-state index in [1.54, 1.807) is 0 Å². The molecule has 0 unspecified atom stereocenters. The molecule has 0 spiro atoms. The standard InChI is InChI=1S/C49H29N3O/c1-2-15-33-29-45-43(28-32(33)14-1)46-39(22-11-25-44(46)53-45)38-26-27-42(37-21-8-7-20-36(37)38)49-51-47(40-23-9-16-30-12-3-5-18-34(30)40)50-48(52-49)41-24-10-17-31-13-4-6-19-35(31)41/h1-29H.